The molecule has 0 saturated heterocycles. The lowest BCUT2D eigenvalue weighted by molar-refractivity contribution is -0.148. The number of carbonyl (C=O) groups is 2. The highest BCUT2D eigenvalue weighted by atomic mass is 35.5. The second-order valence-electron chi connectivity index (χ2n) is 7.58. The number of amides is 1. The second kappa shape index (κ2) is 11.0. The Kier molecular flexibility index (Phi) is 8.03. The minimum Gasteiger partial charge on any atom is -0.493 e. The summed E-state index contributed by atoms with van der Waals surface area (Å²) in [7, 11) is 4.66. The van der Waals surface area contributed by atoms with Gasteiger partial charge in [0.15, 0.2) is 17.6 Å². The molecule has 3 rings (SSSR count). The van der Waals surface area contributed by atoms with Crippen LogP contribution in [0.4, 0.5) is 5.69 Å². The molecule has 0 fully saturated rings. The molecule has 0 bridgehead atoms. The number of halogens is 1. The summed E-state index contributed by atoms with van der Waals surface area (Å²) in [4.78, 5) is 37.9. The molecule has 1 heterocycles. The zero-order valence-corrected chi connectivity index (χ0v) is 20.8. The summed E-state index contributed by atoms with van der Waals surface area (Å²) < 4.78 is 18.7. The largest absolute Gasteiger partial charge is 0.493 e. The Bertz CT molecular complexity index is 1330. The summed E-state index contributed by atoms with van der Waals surface area (Å²) in [5.41, 5.74) is 1.50. The summed E-state index contributed by atoms with van der Waals surface area (Å²) in [6.07, 6.45) is 1.49. The first-order valence-electron chi connectivity index (χ1n) is 10.6. The third-order valence-electron chi connectivity index (χ3n) is 5.33. The molecule has 3 aromatic rings. The minimum absolute atomic E-state index is 0.111. The van der Waals surface area contributed by atoms with Crippen LogP contribution in [0.2, 0.25) is 5.02 Å². The van der Waals surface area contributed by atoms with Crippen molar-refractivity contribution in [2.75, 3.05) is 19.5 Å². The molecular formula is C25H26ClN3O6. The molecule has 35 heavy (non-hydrogen) atoms. The van der Waals surface area contributed by atoms with Gasteiger partial charge in [-0.05, 0) is 49.8 Å². The molecule has 0 aliphatic rings. The fraction of sp³-hybridized carbons (Fsp3) is 0.240. The number of esters is 1. The summed E-state index contributed by atoms with van der Waals surface area (Å²) in [6, 6.07) is 12.3. The first-order chi connectivity index (χ1) is 16.7. The van der Waals surface area contributed by atoms with Crippen LogP contribution < -0.4 is 20.3 Å². The van der Waals surface area contributed by atoms with E-state index in [1.165, 1.54) is 31.9 Å². The molecular weight excluding hydrogens is 474 g/mol. The van der Waals surface area contributed by atoms with Gasteiger partial charge in [0, 0.05) is 13.1 Å². The van der Waals surface area contributed by atoms with Crippen molar-refractivity contribution >= 4 is 35.2 Å². The molecule has 2 aromatic carbocycles. The van der Waals surface area contributed by atoms with E-state index in [-0.39, 0.29) is 5.69 Å². The first-order valence-corrected chi connectivity index (χ1v) is 11.0. The van der Waals surface area contributed by atoms with Crippen LogP contribution in [-0.2, 0) is 21.4 Å². The van der Waals surface area contributed by atoms with Crippen LogP contribution in [0.3, 0.4) is 0 Å². The predicted molar refractivity (Wildman–Crippen MR) is 134 cm³/mol. The Morgan fingerprint density at radius 1 is 1.11 bits per heavy atom. The topological polar surface area (TPSA) is 101 Å². The summed E-state index contributed by atoms with van der Waals surface area (Å²) in [5.74, 6) is -0.598. The van der Waals surface area contributed by atoms with Gasteiger partial charge in [-0.15, -0.1) is 0 Å². The number of aromatic nitrogens is 2. The van der Waals surface area contributed by atoms with Gasteiger partial charge in [-0.2, -0.15) is 0 Å². The predicted octanol–water partition coefficient (Wildman–Crippen LogP) is 3.74. The Hall–Kier alpha value is -3.98. The quantitative estimate of drug-likeness (QED) is 0.374. The number of anilines is 1. The van der Waals surface area contributed by atoms with Gasteiger partial charge in [0.25, 0.3) is 11.5 Å². The van der Waals surface area contributed by atoms with Gasteiger partial charge in [0.1, 0.15) is 5.69 Å². The average molecular weight is 500 g/mol. The Labute approximate surface area is 207 Å². The molecule has 1 atom stereocenters. The van der Waals surface area contributed by atoms with Crippen molar-refractivity contribution < 1.29 is 23.8 Å². The van der Waals surface area contributed by atoms with Crippen molar-refractivity contribution in [3.05, 3.63) is 75.2 Å². The van der Waals surface area contributed by atoms with Crippen molar-refractivity contribution in [2.45, 2.75) is 20.0 Å². The van der Waals surface area contributed by atoms with E-state index >= 15 is 0 Å². The number of carbonyl (C=O) groups excluding carboxylic acids is 2. The first kappa shape index (κ1) is 25.6. The number of rotatable bonds is 8. The molecule has 0 saturated carbocycles. The van der Waals surface area contributed by atoms with Crippen LogP contribution in [-0.4, -0.2) is 41.6 Å². The highest BCUT2D eigenvalue weighted by Gasteiger charge is 2.22. The number of hydrogen-bond donors (Lipinski definition) is 1. The van der Waals surface area contributed by atoms with Crippen LogP contribution in [0.1, 0.15) is 18.2 Å². The summed E-state index contributed by atoms with van der Waals surface area (Å²) in [5, 5.41) is 2.89. The molecule has 1 unspecified atom stereocenters. The second-order valence-corrected chi connectivity index (χ2v) is 7.98. The number of benzene rings is 2. The van der Waals surface area contributed by atoms with Gasteiger partial charge < -0.3 is 19.5 Å². The third kappa shape index (κ3) is 5.58. The highest BCUT2D eigenvalue weighted by Crippen LogP contribution is 2.36. The minimum atomic E-state index is -1.15. The molecule has 0 aliphatic carbocycles. The zero-order chi connectivity index (χ0) is 25.7. The molecule has 9 nitrogen and oxygen atoms in total. The monoisotopic (exact) mass is 499 g/mol. The third-order valence-corrected chi connectivity index (χ3v) is 5.61. The standard InChI is InChI=1S/C25H26ClN3O6/c1-15-22(25(32)29(28(15)3)18-9-7-6-8-10-18)27-24(31)16(2)35-21(30)12-11-17-13-19(26)23(34-5)20(14-17)33-4/h6-14,16H,1-5H3,(H,27,31)/b12-11+. The molecule has 0 radical (unpaired) electrons. The van der Waals surface area contributed by atoms with E-state index < -0.39 is 23.5 Å². The lowest BCUT2D eigenvalue weighted by Crippen LogP contribution is -2.31. The molecule has 0 aliphatic heterocycles. The van der Waals surface area contributed by atoms with E-state index in [0.717, 1.165) is 6.08 Å². The van der Waals surface area contributed by atoms with Crippen molar-refractivity contribution in [1.29, 1.82) is 0 Å². The summed E-state index contributed by atoms with van der Waals surface area (Å²) >= 11 is 6.17. The highest BCUT2D eigenvalue weighted by molar-refractivity contribution is 6.32. The van der Waals surface area contributed by atoms with E-state index in [0.29, 0.717) is 33.5 Å². The number of para-hydroxylation sites is 1. The van der Waals surface area contributed by atoms with Gasteiger partial charge in [0.05, 0.1) is 30.6 Å². The molecule has 0 spiro atoms. The van der Waals surface area contributed by atoms with Crippen molar-refractivity contribution in [3.63, 3.8) is 0 Å². The number of hydrogen-bond acceptors (Lipinski definition) is 6. The van der Waals surface area contributed by atoms with Crippen LogP contribution in [0.15, 0.2) is 53.3 Å². The summed E-state index contributed by atoms with van der Waals surface area (Å²) in [6.45, 7) is 3.13. The SMILES string of the molecule is COc1cc(/C=C/C(=O)OC(C)C(=O)Nc2c(C)n(C)n(-c3ccccc3)c2=O)cc(Cl)c1OC. The normalized spacial score (nSPS) is 11.8. The fourth-order valence-corrected chi connectivity index (χ4v) is 3.70. The fourth-order valence-electron chi connectivity index (χ4n) is 3.40. The number of nitrogens with one attached hydrogen (secondary N) is 1. The number of ether oxygens (including phenoxy) is 3. The van der Waals surface area contributed by atoms with Gasteiger partial charge >= 0.3 is 5.97 Å². The molecule has 1 N–H and O–H groups in total. The van der Waals surface area contributed by atoms with Crippen LogP contribution in [0, 0.1) is 6.92 Å². The smallest absolute Gasteiger partial charge is 0.331 e. The number of nitrogens with zero attached hydrogens (tertiary/aromatic N) is 2. The maximum absolute atomic E-state index is 13.0. The average Bonchev–Trinajstić information content (AvgIpc) is 3.05. The van der Waals surface area contributed by atoms with Crippen LogP contribution in [0.25, 0.3) is 11.8 Å². The zero-order valence-electron chi connectivity index (χ0n) is 20.0. The lowest BCUT2D eigenvalue weighted by atomic mass is 10.2. The van der Waals surface area contributed by atoms with Gasteiger partial charge in [-0.1, -0.05) is 29.8 Å². The molecule has 1 amide bonds. The van der Waals surface area contributed by atoms with Gasteiger partial charge in [0.2, 0.25) is 0 Å². The molecule has 1 aromatic heterocycles. The van der Waals surface area contributed by atoms with Gasteiger partial charge in [-0.25, -0.2) is 9.48 Å². The maximum Gasteiger partial charge on any atom is 0.331 e. The Balaban J connectivity index is 1.70. The molecule has 184 valence electrons. The Morgan fingerprint density at radius 2 is 1.80 bits per heavy atom. The van der Waals surface area contributed by atoms with E-state index in [9.17, 15) is 14.4 Å². The van der Waals surface area contributed by atoms with Crippen molar-refractivity contribution in [1.82, 2.24) is 9.36 Å². The Morgan fingerprint density at radius 3 is 2.43 bits per heavy atom. The van der Waals surface area contributed by atoms with Crippen LogP contribution >= 0.6 is 11.6 Å². The van der Waals surface area contributed by atoms with E-state index in [1.807, 2.05) is 18.2 Å². The molecule has 10 heteroatoms. The van der Waals surface area contributed by atoms with Crippen molar-refractivity contribution in [3.8, 4) is 17.2 Å². The van der Waals surface area contributed by atoms with E-state index in [4.69, 9.17) is 25.8 Å². The van der Waals surface area contributed by atoms with Crippen LogP contribution in [0.5, 0.6) is 11.5 Å². The lowest BCUT2D eigenvalue weighted by Gasteiger charge is -2.12. The number of methoxy groups -OCH3 is 2. The maximum atomic E-state index is 13.0. The van der Waals surface area contributed by atoms with Crippen molar-refractivity contribution in [2.24, 2.45) is 7.05 Å². The van der Waals surface area contributed by atoms with E-state index in [2.05, 4.69) is 5.32 Å². The van der Waals surface area contributed by atoms with Gasteiger partial charge in [-0.3, -0.25) is 14.3 Å². The van der Waals surface area contributed by atoms with E-state index in [1.54, 1.807) is 42.9 Å².